The normalized spacial score (nSPS) is 13.4. The number of rotatable bonds is 5. The maximum Gasteiger partial charge on any atom is 0.331 e. The molecule has 1 aromatic heterocycles. The summed E-state index contributed by atoms with van der Waals surface area (Å²) in [6, 6.07) is 2.57. The Bertz CT molecular complexity index is 567. The topological polar surface area (TPSA) is 90.3 Å². The molecule has 1 amide bonds. The Labute approximate surface area is 116 Å². The predicted octanol–water partition coefficient (Wildman–Crippen LogP) is 0.242. The summed E-state index contributed by atoms with van der Waals surface area (Å²) in [5.74, 6) is -1.04. The number of carbonyl (C=O) groups excluding carboxylic acids is 2. The molecule has 110 valence electrons. The van der Waals surface area contributed by atoms with Crippen LogP contribution in [0.5, 0.6) is 0 Å². The second kappa shape index (κ2) is 6.31. The van der Waals surface area contributed by atoms with Crippen molar-refractivity contribution in [1.29, 1.82) is 0 Å². The van der Waals surface area contributed by atoms with Crippen molar-refractivity contribution in [3.63, 3.8) is 0 Å². The van der Waals surface area contributed by atoms with E-state index in [-0.39, 0.29) is 11.3 Å². The van der Waals surface area contributed by atoms with Gasteiger partial charge in [-0.2, -0.15) is 5.10 Å². The molecule has 7 heteroatoms. The van der Waals surface area contributed by atoms with E-state index >= 15 is 0 Å². The molecule has 0 spiro atoms. The lowest BCUT2D eigenvalue weighted by Gasteiger charge is -2.27. The van der Waals surface area contributed by atoms with Gasteiger partial charge in [0.1, 0.15) is 11.2 Å². The highest BCUT2D eigenvalue weighted by atomic mass is 16.5. The van der Waals surface area contributed by atoms with E-state index in [9.17, 15) is 14.4 Å². The first-order valence-corrected chi connectivity index (χ1v) is 6.29. The van der Waals surface area contributed by atoms with E-state index in [1.807, 2.05) is 6.92 Å². The van der Waals surface area contributed by atoms with Crippen LogP contribution in [0.2, 0.25) is 0 Å². The lowest BCUT2D eigenvalue weighted by atomic mass is 9.96. The van der Waals surface area contributed by atoms with Crippen LogP contribution in [-0.2, 0) is 16.6 Å². The fraction of sp³-hybridized carbons (Fsp3) is 0.538. The van der Waals surface area contributed by atoms with E-state index < -0.39 is 17.4 Å². The zero-order valence-electron chi connectivity index (χ0n) is 12.1. The summed E-state index contributed by atoms with van der Waals surface area (Å²) >= 11 is 0. The minimum atomic E-state index is -1.11. The minimum Gasteiger partial charge on any atom is -0.467 e. The summed E-state index contributed by atoms with van der Waals surface area (Å²) in [6.07, 6.45) is 1.14. The summed E-state index contributed by atoms with van der Waals surface area (Å²) in [6.45, 7) is 3.50. The van der Waals surface area contributed by atoms with E-state index in [0.29, 0.717) is 12.8 Å². The largest absolute Gasteiger partial charge is 0.467 e. The zero-order chi connectivity index (χ0) is 15.3. The molecule has 1 atom stereocenters. The van der Waals surface area contributed by atoms with Crippen molar-refractivity contribution in [2.75, 3.05) is 7.11 Å². The molecule has 0 bridgehead atoms. The van der Waals surface area contributed by atoms with Crippen molar-refractivity contribution in [2.45, 2.75) is 32.2 Å². The van der Waals surface area contributed by atoms with Gasteiger partial charge in [-0.1, -0.05) is 13.3 Å². The third kappa shape index (κ3) is 3.43. The van der Waals surface area contributed by atoms with Crippen molar-refractivity contribution in [3.05, 3.63) is 28.2 Å². The second-order valence-electron chi connectivity index (χ2n) is 4.71. The van der Waals surface area contributed by atoms with Gasteiger partial charge in [-0.3, -0.25) is 9.59 Å². The molecule has 1 N–H and O–H groups in total. The summed E-state index contributed by atoms with van der Waals surface area (Å²) < 4.78 is 5.78. The average Bonchev–Trinajstić information content (AvgIpc) is 2.40. The number of amides is 1. The van der Waals surface area contributed by atoms with E-state index in [0.717, 1.165) is 4.68 Å². The molecule has 0 saturated carbocycles. The van der Waals surface area contributed by atoms with E-state index in [1.165, 1.54) is 26.3 Å². The van der Waals surface area contributed by atoms with E-state index in [2.05, 4.69) is 10.4 Å². The van der Waals surface area contributed by atoms with Gasteiger partial charge >= 0.3 is 5.97 Å². The molecule has 0 radical (unpaired) electrons. The quantitative estimate of drug-likeness (QED) is 0.781. The van der Waals surface area contributed by atoms with Crippen molar-refractivity contribution in [3.8, 4) is 0 Å². The fourth-order valence-corrected chi connectivity index (χ4v) is 1.88. The highest BCUT2D eigenvalue weighted by Crippen LogP contribution is 2.15. The van der Waals surface area contributed by atoms with Crippen LogP contribution in [0, 0.1) is 0 Å². The number of hydrogen-bond donors (Lipinski definition) is 1. The number of aromatic nitrogens is 2. The van der Waals surface area contributed by atoms with Crippen LogP contribution in [0.4, 0.5) is 0 Å². The number of aryl methyl sites for hydroxylation is 1. The highest BCUT2D eigenvalue weighted by Gasteiger charge is 2.35. The van der Waals surface area contributed by atoms with Gasteiger partial charge in [-0.15, -0.1) is 0 Å². The number of carbonyl (C=O) groups is 2. The second-order valence-corrected chi connectivity index (χ2v) is 4.71. The monoisotopic (exact) mass is 281 g/mol. The Balaban J connectivity index is 2.99. The lowest BCUT2D eigenvalue weighted by Crippen LogP contribution is -2.53. The third-order valence-electron chi connectivity index (χ3n) is 2.97. The molecule has 1 heterocycles. The molecular weight excluding hydrogens is 262 g/mol. The Hall–Kier alpha value is -2.18. The molecule has 0 saturated heterocycles. The third-order valence-corrected chi connectivity index (χ3v) is 2.97. The summed E-state index contributed by atoms with van der Waals surface area (Å²) in [7, 11) is 2.72. The van der Waals surface area contributed by atoms with Gasteiger partial charge in [0.2, 0.25) is 0 Å². The van der Waals surface area contributed by atoms with Gasteiger partial charge in [-0.25, -0.2) is 9.48 Å². The summed E-state index contributed by atoms with van der Waals surface area (Å²) in [5.41, 5.74) is -1.36. The number of nitrogens with zero attached hydrogens (tertiary/aromatic N) is 2. The molecule has 0 aliphatic carbocycles. The SMILES string of the molecule is CCCC(C)(NC(=O)c1ccc(=O)n(C)n1)C(=O)OC. The lowest BCUT2D eigenvalue weighted by molar-refractivity contribution is -0.147. The van der Waals surface area contributed by atoms with Crippen molar-refractivity contribution in [2.24, 2.45) is 7.05 Å². The van der Waals surface area contributed by atoms with E-state index in [1.54, 1.807) is 6.92 Å². The minimum absolute atomic E-state index is 0.0679. The molecular formula is C13H19N3O4. The Kier molecular flexibility index (Phi) is 5.01. The van der Waals surface area contributed by atoms with Crippen LogP contribution >= 0.6 is 0 Å². The Morgan fingerprint density at radius 1 is 1.45 bits per heavy atom. The fourth-order valence-electron chi connectivity index (χ4n) is 1.88. The highest BCUT2D eigenvalue weighted by molar-refractivity contribution is 5.96. The molecule has 1 unspecified atom stereocenters. The van der Waals surface area contributed by atoms with Gasteiger partial charge in [0, 0.05) is 13.1 Å². The molecule has 0 aliphatic heterocycles. The molecule has 1 aromatic rings. The molecule has 1 rings (SSSR count). The average molecular weight is 281 g/mol. The molecule has 7 nitrogen and oxygen atoms in total. The van der Waals surface area contributed by atoms with Crippen LogP contribution in [-0.4, -0.2) is 34.3 Å². The Morgan fingerprint density at radius 3 is 2.60 bits per heavy atom. The first-order valence-electron chi connectivity index (χ1n) is 6.29. The zero-order valence-corrected chi connectivity index (χ0v) is 12.1. The van der Waals surface area contributed by atoms with Crippen molar-refractivity contribution >= 4 is 11.9 Å². The first kappa shape index (κ1) is 15.9. The van der Waals surface area contributed by atoms with Gasteiger partial charge in [0.15, 0.2) is 0 Å². The maximum absolute atomic E-state index is 12.1. The molecule has 20 heavy (non-hydrogen) atoms. The van der Waals surface area contributed by atoms with Gasteiger partial charge < -0.3 is 10.1 Å². The van der Waals surface area contributed by atoms with Gasteiger partial charge in [0.05, 0.1) is 7.11 Å². The van der Waals surface area contributed by atoms with Crippen LogP contribution < -0.4 is 10.9 Å². The van der Waals surface area contributed by atoms with Gasteiger partial charge in [-0.05, 0) is 19.4 Å². The Morgan fingerprint density at radius 2 is 2.10 bits per heavy atom. The van der Waals surface area contributed by atoms with Crippen LogP contribution in [0.25, 0.3) is 0 Å². The number of esters is 1. The number of methoxy groups -OCH3 is 1. The van der Waals surface area contributed by atoms with Crippen LogP contribution in [0.3, 0.4) is 0 Å². The molecule has 0 fully saturated rings. The van der Waals surface area contributed by atoms with Crippen LogP contribution in [0.1, 0.15) is 37.2 Å². The predicted molar refractivity (Wildman–Crippen MR) is 72.3 cm³/mol. The van der Waals surface area contributed by atoms with Crippen molar-refractivity contribution < 1.29 is 14.3 Å². The van der Waals surface area contributed by atoms with Gasteiger partial charge in [0.25, 0.3) is 11.5 Å². The molecule has 0 aliphatic rings. The van der Waals surface area contributed by atoms with Crippen molar-refractivity contribution in [1.82, 2.24) is 15.1 Å². The van der Waals surface area contributed by atoms with Crippen LogP contribution in [0.15, 0.2) is 16.9 Å². The molecule has 0 aromatic carbocycles. The summed E-state index contributed by atoms with van der Waals surface area (Å²) in [4.78, 5) is 35.2. The standard InChI is InChI=1S/C13H19N3O4/c1-5-8-13(2,12(19)20-4)14-11(18)9-6-7-10(17)16(3)15-9/h6-7H,5,8H2,1-4H3,(H,14,18). The number of nitrogens with one attached hydrogen (secondary N) is 1. The first-order chi connectivity index (χ1) is 9.34. The maximum atomic E-state index is 12.1. The number of ether oxygens (including phenoxy) is 1. The van der Waals surface area contributed by atoms with E-state index in [4.69, 9.17) is 4.74 Å². The smallest absolute Gasteiger partial charge is 0.331 e. The number of hydrogen-bond acceptors (Lipinski definition) is 5. The summed E-state index contributed by atoms with van der Waals surface area (Å²) in [5, 5.41) is 6.46.